The first-order chi connectivity index (χ1) is 10.0. The molecule has 0 saturated carbocycles. The molecule has 120 valence electrons. The SMILES string of the molecule is CCNCC1CCCN(S(=O)(=O)Nc2nnc(CC)s2)C1. The number of anilines is 1. The van der Waals surface area contributed by atoms with Gasteiger partial charge in [-0.3, -0.25) is 0 Å². The van der Waals surface area contributed by atoms with Crippen LogP contribution in [0.25, 0.3) is 0 Å². The van der Waals surface area contributed by atoms with Crippen LogP contribution in [-0.2, 0) is 16.6 Å². The first kappa shape index (κ1) is 16.6. The summed E-state index contributed by atoms with van der Waals surface area (Å²) in [6.45, 7) is 6.92. The zero-order valence-electron chi connectivity index (χ0n) is 12.5. The molecule has 21 heavy (non-hydrogen) atoms. The van der Waals surface area contributed by atoms with Gasteiger partial charge < -0.3 is 5.32 Å². The Hall–Kier alpha value is -0.770. The minimum Gasteiger partial charge on any atom is -0.317 e. The van der Waals surface area contributed by atoms with Gasteiger partial charge in [-0.15, -0.1) is 10.2 Å². The molecule has 0 amide bonds. The normalized spacial score (nSPS) is 20.6. The van der Waals surface area contributed by atoms with Crippen LogP contribution in [0, 0.1) is 5.92 Å². The van der Waals surface area contributed by atoms with Gasteiger partial charge in [-0.1, -0.05) is 25.2 Å². The van der Waals surface area contributed by atoms with Crippen LogP contribution < -0.4 is 10.0 Å². The van der Waals surface area contributed by atoms with Crippen molar-refractivity contribution in [1.29, 1.82) is 0 Å². The van der Waals surface area contributed by atoms with Gasteiger partial charge in [0.2, 0.25) is 5.13 Å². The lowest BCUT2D eigenvalue weighted by atomic mass is 10.00. The molecule has 0 aliphatic carbocycles. The highest BCUT2D eigenvalue weighted by atomic mass is 32.2. The molecule has 0 aromatic carbocycles. The molecule has 7 nitrogen and oxygen atoms in total. The predicted octanol–water partition coefficient (Wildman–Crippen LogP) is 1.08. The zero-order chi connectivity index (χ0) is 15.3. The number of piperidine rings is 1. The lowest BCUT2D eigenvalue weighted by Gasteiger charge is -2.31. The van der Waals surface area contributed by atoms with E-state index >= 15 is 0 Å². The quantitative estimate of drug-likeness (QED) is 0.779. The van der Waals surface area contributed by atoms with E-state index in [4.69, 9.17) is 0 Å². The van der Waals surface area contributed by atoms with Crippen molar-refractivity contribution in [1.82, 2.24) is 19.8 Å². The van der Waals surface area contributed by atoms with Crippen LogP contribution in [0.2, 0.25) is 0 Å². The summed E-state index contributed by atoms with van der Waals surface area (Å²) in [5.41, 5.74) is 0. The zero-order valence-corrected chi connectivity index (χ0v) is 14.1. The third-order valence-corrected chi connectivity index (χ3v) is 6.07. The number of hydrogen-bond donors (Lipinski definition) is 2. The molecule has 0 bridgehead atoms. The minimum absolute atomic E-state index is 0.348. The summed E-state index contributed by atoms with van der Waals surface area (Å²) >= 11 is 1.29. The molecule has 1 unspecified atom stereocenters. The Morgan fingerprint density at radius 2 is 2.19 bits per heavy atom. The Labute approximate surface area is 130 Å². The highest BCUT2D eigenvalue weighted by molar-refractivity contribution is 7.90. The van der Waals surface area contributed by atoms with E-state index in [0.717, 1.165) is 37.4 Å². The molecule has 0 spiro atoms. The molecule has 0 radical (unpaired) electrons. The number of nitrogens with one attached hydrogen (secondary N) is 2. The third-order valence-electron chi connectivity index (χ3n) is 3.49. The van der Waals surface area contributed by atoms with Gasteiger partial charge >= 0.3 is 10.2 Å². The molecule has 9 heteroatoms. The molecule has 1 saturated heterocycles. The van der Waals surface area contributed by atoms with Crippen LogP contribution in [-0.4, -0.2) is 49.1 Å². The van der Waals surface area contributed by atoms with Crippen molar-refractivity contribution < 1.29 is 8.42 Å². The van der Waals surface area contributed by atoms with Crippen molar-refractivity contribution >= 4 is 26.7 Å². The van der Waals surface area contributed by atoms with Gasteiger partial charge in [-0.25, -0.2) is 4.72 Å². The average molecular weight is 333 g/mol. The molecule has 1 aliphatic heterocycles. The molecule has 2 heterocycles. The fourth-order valence-corrected chi connectivity index (χ4v) is 4.55. The maximum Gasteiger partial charge on any atom is 0.303 e. The molecule has 1 atom stereocenters. The second-order valence-electron chi connectivity index (χ2n) is 5.14. The molecule has 1 fully saturated rings. The Morgan fingerprint density at radius 1 is 1.38 bits per heavy atom. The van der Waals surface area contributed by atoms with Gasteiger partial charge in [0.05, 0.1) is 0 Å². The topological polar surface area (TPSA) is 87.2 Å². The van der Waals surface area contributed by atoms with Crippen LogP contribution in [0.1, 0.15) is 31.7 Å². The lowest BCUT2D eigenvalue weighted by Crippen LogP contribution is -2.45. The number of aromatic nitrogens is 2. The Morgan fingerprint density at radius 3 is 2.86 bits per heavy atom. The summed E-state index contributed by atoms with van der Waals surface area (Å²) in [4.78, 5) is 0. The molecular formula is C12H23N5O2S2. The molecule has 1 aliphatic rings. The standard InChI is InChI=1S/C12H23N5O2S2/c1-3-11-14-15-12(20-11)16-21(18,19)17-7-5-6-10(9-17)8-13-4-2/h10,13H,3-9H2,1-2H3,(H,15,16). The maximum absolute atomic E-state index is 12.4. The third kappa shape index (κ3) is 4.60. The van der Waals surface area contributed by atoms with E-state index in [2.05, 4.69) is 27.2 Å². The second-order valence-corrected chi connectivity index (χ2v) is 7.87. The van der Waals surface area contributed by atoms with Crippen LogP contribution in [0.5, 0.6) is 0 Å². The predicted molar refractivity (Wildman–Crippen MR) is 84.7 cm³/mol. The van der Waals surface area contributed by atoms with Crippen molar-refractivity contribution in [3.05, 3.63) is 5.01 Å². The van der Waals surface area contributed by atoms with Gasteiger partial charge in [-0.05, 0) is 38.3 Å². The van der Waals surface area contributed by atoms with E-state index in [1.165, 1.54) is 15.6 Å². The van der Waals surface area contributed by atoms with E-state index in [1.54, 1.807) is 0 Å². The molecular weight excluding hydrogens is 310 g/mol. The van der Waals surface area contributed by atoms with Crippen LogP contribution in [0.3, 0.4) is 0 Å². The summed E-state index contributed by atoms with van der Waals surface area (Å²) in [7, 11) is -3.53. The van der Waals surface area contributed by atoms with Crippen LogP contribution >= 0.6 is 11.3 Å². The minimum atomic E-state index is -3.53. The van der Waals surface area contributed by atoms with Crippen LogP contribution in [0.4, 0.5) is 5.13 Å². The molecule has 1 aromatic heterocycles. The highest BCUT2D eigenvalue weighted by Crippen LogP contribution is 2.22. The molecule has 2 rings (SSSR count). The summed E-state index contributed by atoms with van der Waals surface area (Å²) in [5, 5.41) is 12.3. The summed E-state index contributed by atoms with van der Waals surface area (Å²) in [6.07, 6.45) is 2.72. The van der Waals surface area contributed by atoms with Crippen molar-refractivity contribution in [3.63, 3.8) is 0 Å². The number of hydrogen-bond acceptors (Lipinski definition) is 6. The Kier molecular flexibility index (Phi) is 5.91. The van der Waals surface area contributed by atoms with E-state index in [0.29, 0.717) is 24.1 Å². The van der Waals surface area contributed by atoms with E-state index in [9.17, 15) is 8.42 Å². The maximum atomic E-state index is 12.4. The fourth-order valence-electron chi connectivity index (χ4n) is 2.37. The Balaban J connectivity index is 1.97. The monoisotopic (exact) mass is 333 g/mol. The van der Waals surface area contributed by atoms with Crippen molar-refractivity contribution in [2.24, 2.45) is 5.92 Å². The summed E-state index contributed by atoms with van der Waals surface area (Å²) in [6, 6.07) is 0. The first-order valence-electron chi connectivity index (χ1n) is 7.36. The van der Waals surface area contributed by atoms with Gasteiger partial charge in [-0.2, -0.15) is 12.7 Å². The average Bonchev–Trinajstić information content (AvgIpc) is 2.92. The highest BCUT2D eigenvalue weighted by Gasteiger charge is 2.29. The number of nitrogens with zero attached hydrogens (tertiary/aromatic N) is 3. The van der Waals surface area contributed by atoms with E-state index in [-0.39, 0.29) is 0 Å². The number of aryl methyl sites for hydroxylation is 1. The molecule has 1 aromatic rings. The van der Waals surface area contributed by atoms with Gasteiger partial charge in [0.15, 0.2) is 0 Å². The summed E-state index contributed by atoms with van der Waals surface area (Å²) in [5.74, 6) is 0.371. The Bertz CT molecular complexity index is 546. The summed E-state index contributed by atoms with van der Waals surface area (Å²) < 4.78 is 28.9. The van der Waals surface area contributed by atoms with E-state index < -0.39 is 10.2 Å². The van der Waals surface area contributed by atoms with Crippen LogP contribution in [0.15, 0.2) is 0 Å². The van der Waals surface area contributed by atoms with Crippen molar-refractivity contribution in [3.8, 4) is 0 Å². The smallest absolute Gasteiger partial charge is 0.303 e. The largest absolute Gasteiger partial charge is 0.317 e. The van der Waals surface area contributed by atoms with Crippen molar-refractivity contribution in [2.45, 2.75) is 33.1 Å². The van der Waals surface area contributed by atoms with Crippen molar-refractivity contribution in [2.75, 3.05) is 30.9 Å². The fraction of sp³-hybridized carbons (Fsp3) is 0.833. The van der Waals surface area contributed by atoms with Gasteiger partial charge in [0.25, 0.3) is 0 Å². The second kappa shape index (κ2) is 7.48. The van der Waals surface area contributed by atoms with E-state index in [1.807, 2.05) is 6.92 Å². The molecule has 2 N–H and O–H groups in total. The lowest BCUT2D eigenvalue weighted by molar-refractivity contribution is 0.262. The number of rotatable bonds is 7. The first-order valence-corrected chi connectivity index (χ1v) is 9.61. The van der Waals surface area contributed by atoms with Gasteiger partial charge in [0.1, 0.15) is 5.01 Å². The van der Waals surface area contributed by atoms with Gasteiger partial charge in [0, 0.05) is 13.1 Å².